The predicted molar refractivity (Wildman–Crippen MR) is 26.6 cm³/mol. The molecule has 0 unspecified atom stereocenters. The molecule has 2 amide bonds. The highest BCUT2D eigenvalue weighted by molar-refractivity contribution is 5.69. The molecule has 0 radical (unpaired) electrons. The lowest BCUT2D eigenvalue weighted by Crippen LogP contribution is -2.18. The van der Waals surface area contributed by atoms with Gasteiger partial charge in [0.1, 0.15) is 0 Å². The zero-order valence-electron chi connectivity index (χ0n) is 3.98. The molecule has 1 heterocycles. The van der Waals surface area contributed by atoms with E-state index in [0.29, 0.717) is 0 Å². The number of rotatable bonds is 0. The molecule has 1 aliphatic rings. The van der Waals surface area contributed by atoms with Crippen molar-refractivity contribution in [1.82, 2.24) is 5.32 Å². The Bertz CT molecular complexity index is 54.4. The van der Waals surface area contributed by atoms with E-state index in [1.165, 1.54) is 13.1 Å². The summed E-state index contributed by atoms with van der Waals surface area (Å²) < 4.78 is 0. The molecule has 1 rings (SSSR count). The number of carbonyl (C=O) groups excluding carboxylic acids is 1. The van der Waals surface area contributed by atoms with Crippen LogP contribution in [0.15, 0.2) is 0 Å². The average Bonchev–Trinajstić information content (AvgIpc) is 2.02. The van der Waals surface area contributed by atoms with Gasteiger partial charge in [0, 0.05) is 13.1 Å². The lowest BCUT2D eigenvalue weighted by Gasteiger charge is -1.62. The zero-order valence-corrected chi connectivity index (χ0v) is 3.98. The zero-order chi connectivity index (χ0) is 5.70. The molecule has 0 bridgehead atoms. The fourth-order valence-corrected chi connectivity index (χ4v) is 0. The van der Waals surface area contributed by atoms with E-state index in [1.807, 2.05) is 0 Å². The Morgan fingerprint density at radius 3 is 1.57 bits per heavy atom. The molecule has 1 aliphatic heterocycles. The first-order valence-electron chi connectivity index (χ1n) is 1.99. The minimum absolute atomic E-state index is 0.833. The van der Waals surface area contributed by atoms with E-state index >= 15 is 0 Å². The Morgan fingerprint density at radius 2 is 1.57 bits per heavy atom. The molecule has 4 nitrogen and oxygen atoms in total. The molecule has 0 spiro atoms. The first-order valence-corrected chi connectivity index (χ1v) is 1.99. The van der Waals surface area contributed by atoms with Gasteiger partial charge in [-0.15, -0.1) is 0 Å². The lowest BCUT2D eigenvalue weighted by atomic mass is 11.0. The van der Waals surface area contributed by atoms with Crippen molar-refractivity contribution in [2.45, 2.75) is 0 Å². The average molecular weight is 103 g/mol. The minimum atomic E-state index is -0.833. The van der Waals surface area contributed by atoms with Crippen LogP contribution in [-0.4, -0.2) is 19.1 Å². The van der Waals surface area contributed by atoms with E-state index in [4.69, 9.17) is 4.79 Å². The summed E-state index contributed by atoms with van der Waals surface area (Å²) in [4.78, 5) is 9.00. The number of nitrogens with two attached hydrogens (primary N) is 2. The normalized spacial score (nSPS) is 13.7. The van der Waals surface area contributed by atoms with Crippen LogP contribution < -0.4 is 16.8 Å². The second-order valence-corrected chi connectivity index (χ2v) is 1.15. The summed E-state index contributed by atoms with van der Waals surface area (Å²) in [5.41, 5.74) is 8.50. The predicted octanol–water partition coefficient (Wildman–Crippen LogP) is -1.39. The van der Waals surface area contributed by atoms with Crippen LogP contribution in [0.1, 0.15) is 0 Å². The fraction of sp³-hybridized carbons (Fsp3) is 0.667. The highest BCUT2D eigenvalue weighted by Gasteiger charge is 1.91. The molecule has 0 saturated carbocycles. The van der Waals surface area contributed by atoms with Crippen LogP contribution >= 0.6 is 0 Å². The third kappa shape index (κ3) is 1030. The van der Waals surface area contributed by atoms with Gasteiger partial charge in [0.25, 0.3) is 0 Å². The van der Waals surface area contributed by atoms with Crippen molar-refractivity contribution in [2.75, 3.05) is 13.1 Å². The minimum Gasteiger partial charge on any atom is -0.352 e. The number of amides is 2. The number of hydrogen-bond donors (Lipinski definition) is 3. The largest absolute Gasteiger partial charge is 0.352 e. The molecular weight excluding hydrogens is 94.1 g/mol. The van der Waals surface area contributed by atoms with Gasteiger partial charge in [0.15, 0.2) is 0 Å². The van der Waals surface area contributed by atoms with Crippen LogP contribution in [0.5, 0.6) is 0 Å². The number of nitrogens with one attached hydrogen (secondary N) is 1. The number of hydrogen-bond acceptors (Lipinski definition) is 2. The molecule has 5 N–H and O–H groups in total. The third-order valence-electron chi connectivity index (χ3n) is 0.250. The van der Waals surface area contributed by atoms with Crippen LogP contribution in [0.2, 0.25) is 0 Å². The van der Waals surface area contributed by atoms with E-state index in [9.17, 15) is 0 Å². The molecule has 1 saturated heterocycles. The maximum atomic E-state index is 9.00. The smallest absolute Gasteiger partial charge is 0.309 e. The lowest BCUT2D eigenvalue weighted by molar-refractivity contribution is 0.256. The standard InChI is InChI=1S/C2H5N.CH4N2O/c1-2-3-1;2-1(3)4/h3H,1-2H2;(H4,2,3,4). The van der Waals surface area contributed by atoms with Gasteiger partial charge < -0.3 is 16.8 Å². The highest BCUT2D eigenvalue weighted by Crippen LogP contribution is 1.65. The van der Waals surface area contributed by atoms with Crippen LogP contribution in [-0.2, 0) is 0 Å². The number of carbonyl (C=O) groups is 1. The molecule has 4 heteroatoms. The first-order chi connectivity index (χ1) is 3.23. The number of urea groups is 1. The maximum Gasteiger partial charge on any atom is 0.309 e. The van der Waals surface area contributed by atoms with E-state index in [2.05, 4.69) is 16.8 Å². The van der Waals surface area contributed by atoms with Gasteiger partial charge in [0.05, 0.1) is 0 Å². The van der Waals surface area contributed by atoms with Gasteiger partial charge in [-0.1, -0.05) is 0 Å². The molecule has 7 heavy (non-hydrogen) atoms. The summed E-state index contributed by atoms with van der Waals surface area (Å²) in [7, 11) is 0. The molecule has 0 aromatic carbocycles. The Labute approximate surface area is 41.9 Å². The number of primary amides is 2. The summed E-state index contributed by atoms with van der Waals surface area (Å²) in [6.45, 7) is 2.50. The topological polar surface area (TPSA) is 91.1 Å². The summed E-state index contributed by atoms with van der Waals surface area (Å²) in [5, 5.41) is 3.00. The van der Waals surface area contributed by atoms with E-state index in [0.717, 1.165) is 0 Å². The van der Waals surface area contributed by atoms with E-state index in [1.54, 1.807) is 0 Å². The third-order valence-corrected chi connectivity index (χ3v) is 0.250. The SMILES string of the molecule is C1CN1.NC(N)=O. The second-order valence-electron chi connectivity index (χ2n) is 1.15. The molecule has 0 atom stereocenters. The molecule has 42 valence electrons. The van der Waals surface area contributed by atoms with Crippen molar-refractivity contribution in [3.63, 3.8) is 0 Å². The Kier molecular flexibility index (Phi) is 3.04. The Morgan fingerprint density at radius 1 is 1.43 bits per heavy atom. The van der Waals surface area contributed by atoms with Crippen molar-refractivity contribution in [2.24, 2.45) is 11.5 Å². The summed E-state index contributed by atoms with van der Waals surface area (Å²) in [5.74, 6) is 0. The van der Waals surface area contributed by atoms with Crippen molar-refractivity contribution in [1.29, 1.82) is 0 Å². The molecular formula is C3H9N3O. The van der Waals surface area contributed by atoms with Crippen molar-refractivity contribution in [3.05, 3.63) is 0 Å². The van der Waals surface area contributed by atoms with Gasteiger partial charge in [-0.05, 0) is 0 Å². The van der Waals surface area contributed by atoms with E-state index in [-0.39, 0.29) is 0 Å². The molecule has 0 aromatic rings. The quantitative estimate of drug-likeness (QED) is 0.329. The van der Waals surface area contributed by atoms with Gasteiger partial charge in [0.2, 0.25) is 0 Å². The van der Waals surface area contributed by atoms with Gasteiger partial charge in [-0.2, -0.15) is 0 Å². The monoisotopic (exact) mass is 103 g/mol. The van der Waals surface area contributed by atoms with Crippen LogP contribution in [0.3, 0.4) is 0 Å². The molecule has 0 aliphatic carbocycles. The molecule has 1 fully saturated rings. The van der Waals surface area contributed by atoms with Gasteiger partial charge in [-0.25, -0.2) is 4.79 Å². The van der Waals surface area contributed by atoms with Crippen molar-refractivity contribution < 1.29 is 4.79 Å². The second kappa shape index (κ2) is 3.42. The maximum absolute atomic E-state index is 9.00. The summed E-state index contributed by atoms with van der Waals surface area (Å²) >= 11 is 0. The summed E-state index contributed by atoms with van der Waals surface area (Å²) in [6, 6.07) is -0.833. The van der Waals surface area contributed by atoms with Crippen LogP contribution in [0.25, 0.3) is 0 Å². The summed E-state index contributed by atoms with van der Waals surface area (Å²) in [6.07, 6.45) is 0. The highest BCUT2D eigenvalue weighted by atomic mass is 16.2. The van der Waals surface area contributed by atoms with Crippen molar-refractivity contribution in [3.8, 4) is 0 Å². The first kappa shape index (κ1) is 6.23. The fourth-order valence-electron chi connectivity index (χ4n) is 0. The Hall–Kier alpha value is -0.770. The van der Waals surface area contributed by atoms with Crippen LogP contribution in [0.4, 0.5) is 4.79 Å². The van der Waals surface area contributed by atoms with Crippen LogP contribution in [0, 0.1) is 0 Å². The van der Waals surface area contributed by atoms with Gasteiger partial charge in [-0.3, -0.25) is 0 Å². The van der Waals surface area contributed by atoms with Crippen molar-refractivity contribution >= 4 is 6.03 Å². The Balaban J connectivity index is 0.000000105. The molecule has 0 aromatic heterocycles. The van der Waals surface area contributed by atoms with Gasteiger partial charge >= 0.3 is 6.03 Å². The van der Waals surface area contributed by atoms with E-state index < -0.39 is 6.03 Å².